The number of amides is 2. The SMILES string of the molecule is CN1C(=O)CC[C@]2(C)C3C(=O)C[C@@]4(C)C(CC[C@@H]4C(=O)N(c4ccccc4)c4ccccc4)C3CC[C@@H]12. The van der Waals surface area contributed by atoms with Gasteiger partial charge >= 0.3 is 0 Å². The first-order valence-electron chi connectivity index (χ1n) is 14.0. The van der Waals surface area contributed by atoms with Crippen molar-refractivity contribution in [3.63, 3.8) is 0 Å². The zero-order valence-electron chi connectivity index (χ0n) is 22.2. The van der Waals surface area contributed by atoms with Gasteiger partial charge in [0.2, 0.25) is 11.8 Å². The van der Waals surface area contributed by atoms with E-state index in [2.05, 4.69) is 13.8 Å². The van der Waals surface area contributed by atoms with E-state index in [4.69, 9.17) is 0 Å². The predicted molar refractivity (Wildman–Crippen MR) is 144 cm³/mol. The third-order valence-corrected chi connectivity index (χ3v) is 10.8. The van der Waals surface area contributed by atoms with E-state index in [-0.39, 0.29) is 40.5 Å². The smallest absolute Gasteiger partial charge is 0.235 e. The van der Waals surface area contributed by atoms with Gasteiger partial charge in [0, 0.05) is 49.1 Å². The van der Waals surface area contributed by atoms with Crippen molar-refractivity contribution in [1.29, 1.82) is 0 Å². The molecule has 1 saturated heterocycles. The van der Waals surface area contributed by atoms with Crippen molar-refractivity contribution in [3.8, 4) is 0 Å². The molecule has 1 aliphatic heterocycles. The number of piperidine rings is 1. The van der Waals surface area contributed by atoms with Gasteiger partial charge in [0.25, 0.3) is 0 Å². The topological polar surface area (TPSA) is 57.7 Å². The largest absolute Gasteiger partial charge is 0.342 e. The number of anilines is 2. The summed E-state index contributed by atoms with van der Waals surface area (Å²) in [5.41, 5.74) is 1.24. The first-order chi connectivity index (χ1) is 17.8. The van der Waals surface area contributed by atoms with Crippen molar-refractivity contribution < 1.29 is 14.4 Å². The van der Waals surface area contributed by atoms with Gasteiger partial charge in [0.15, 0.2) is 0 Å². The van der Waals surface area contributed by atoms with Gasteiger partial charge in [-0.3, -0.25) is 19.3 Å². The maximum Gasteiger partial charge on any atom is 0.235 e. The monoisotopic (exact) mass is 498 g/mol. The van der Waals surface area contributed by atoms with Crippen LogP contribution in [0.4, 0.5) is 11.4 Å². The molecule has 6 rings (SSSR count). The molecule has 4 aliphatic rings. The normalized spacial score (nSPS) is 36.9. The van der Waals surface area contributed by atoms with Crippen molar-refractivity contribution in [3.05, 3.63) is 60.7 Å². The molecule has 0 radical (unpaired) electrons. The van der Waals surface area contributed by atoms with Crippen LogP contribution in [0.15, 0.2) is 60.7 Å². The quantitative estimate of drug-likeness (QED) is 0.521. The Balaban J connectivity index is 1.34. The number of Topliss-reactive ketones (excluding diaryl/α,β-unsaturated/α-hetero) is 1. The average Bonchev–Trinajstić information content (AvgIpc) is 3.24. The van der Waals surface area contributed by atoms with Gasteiger partial charge in [-0.2, -0.15) is 0 Å². The van der Waals surface area contributed by atoms with E-state index in [1.807, 2.05) is 77.5 Å². The Hall–Kier alpha value is -2.95. The van der Waals surface area contributed by atoms with E-state index in [9.17, 15) is 14.4 Å². The molecule has 0 spiro atoms. The molecule has 1 heterocycles. The van der Waals surface area contributed by atoms with Crippen molar-refractivity contribution in [1.82, 2.24) is 4.90 Å². The van der Waals surface area contributed by atoms with Crippen LogP contribution in [-0.4, -0.2) is 35.6 Å². The fourth-order valence-electron chi connectivity index (χ4n) is 9.09. The van der Waals surface area contributed by atoms with Crippen molar-refractivity contribution in [2.24, 2.45) is 34.5 Å². The van der Waals surface area contributed by atoms with Crippen molar-refractivity contribution >= 4 is 29.0 Å². The van der Waals surface area contributed by atoms with Crippen LogP contribution in [0.2, 0.25) is 0 Å². The molecule has 3 saturated carbocycles. The minimum Gasteiger partial charge on any atom is -0.342 e. The highest BCUT2D eigenvalue weighted by Gasteiger charge is 2.65. The fraction of sp³-hybridized carbons (Fsp3) is 0.531. The van der Waals surface area contributed by atoms with Crippen LogP contribution in [0.3, 0.4) is 0 Å². The highest BCUT2D eigenvalue weighted by Crippen LogP contribution is 2.65. The van der Waals surface area contributed by atoms with Gasteiger partial charge in [-0.25, -0.2) is 0 Å². The van der Waals surface area contributed by atoms with E-state index in [0.717, 1.165) is 43.5 Å². The lowest BCUT2D eigenvalue weighted by Crippen LogP contribution is -2.64. The van der Waals surface area contributed by atoms with E-state index in [0.29, 0.717) is 30.5 Å². The summed E-state index contributed by atoms with van der Waals surface area (Å²) in [7, 11) is 1.92. The summed E-state index contributed by atoms with van der Waals surface area (Å²) in [6, 6.07) is 19.9. The summed E-state index contributed by atoms with van der Waals surface area (Å²) in [4.78, 5) is 44.8. The Bertz CT molecular complexity index is 1170. The van der Waals surface area contributed by atoms with Crippen LogP contribution in [0.5, 0.6) is 0 Å². The second kappa shape index (κ2) is 8.82. The summed E-state index contributed by atoms with van der Waals surface area (Å²) in [5, 5.41) is 0. The lowest BCUT2D eigenvalue weighted by atomic mass is 9.46. The van der Waals surface area contributed by atoms with E-state index >= 15 is 0 Å². The number of hydrogen-bond acceptors (Lipinski definition) is 3. The molecule has 0 aromatic heterocycles. The number of hydrogen-bond donors (Lipinski definition) is 0. The highest BCUT2D eigenvalue weighted by atomic mass is 16.2. The third-order valence-electron chi connectivity index (χ3n) is 10.8. The second-order valence-electron chi connectivity index (χ2n) is 12.5. The van der Waals surface area contributed by atoms with Gasteiger partial charge in [-0.15, -0.1) is 0 Å². The number of benzene rings is 2. The number of nitrogens with zero attached hydrogens (tertiary/aromatic N) is 2. The van der Waals surface area contributed by atoms with Crippen LogP contribution in [0.1, 0.15) is 58.8 Å². The molecule has 37 heavy (non-hydrogen) atoms. The van der Waals surface area contributed by atoms with E-state index in [1.54, 1.807) is 0 Å². The molecule has 0 N–H and O–H groups in total. The number of para-hydroxylation sites is 2. The summed E-state index contributed by atoms with van der Waals surface area (Å²) < 4.78 is 0. The molecule has 3 aliphatic carbocycles. The molecule has 5 heteroatoms. The maximum absolute atomic E-state index is 14.4. The molecular weight excluding hydrogens is 460 g/mol. The Labute approximate surface area is 220 Å². The lowest BCUT2D eigenvalue weighted by molar-refractivity contribution is -0.169. The molecule has 7 atom stereocenters. The zero-order chi connectivity index (χ0) is 25.9. The van der Waals surface area contributed by atoms with Crippen molar-refractivity contribution in [2.75, 3.05) is 11.9 Å². The zero-order valence-corrected chi connectivity index (χ0v) is 22.2. The number of rotatable bonds is 3. The Morgan fingerprint density at radius 1 is 0.865 bits per heavy atom. The minimum absolute atomic E-state index is 0.00641. The number of ketones is 1. The summed E-state index contributed by atoms with van der Waals surface area (Å²) >= 11 is 0. The number of carbonyl (C=O) groups is 3. The molecule has 3 unspecified atom stereocenters. The summed E-state index contributed by atoms with van der Waals surface area (Å²) in [6.07, 6.45) is 5.54. The molecule has 2 aromatic carbocycles. The number of fused-ring (bicyclic) bond motifs is 5. The molecule has 4 fully saturated rings. The van der Waals surface area contributed by atoms with Crippen LogP contribution in [0, 0.1) is 34.5 Å². The van der Waals surface area contributed by atoms with Crippen LogP contribution >= 0.6 is 0 Å². The fourth-order valence-corrected chi connectivity index (χ4v) is 9.09. The first-order valence-corrected chi connectivity index (χ1v) is 14.0. The van der Waals surface area contributed by atoms with Crippen LogP contribution < -0.4 is 4.90 Å². The van der Waals surface area contributed by atoms with E-state index in [1.165, 1.54) is 0 Å². The summed E-state index contributed by atoms with van der Waals surface area (Å²) in [5.74, 6) is 1.10. The predicted octanol–water partition coefficient (Wildman–Crippen LogP) is 6.01. The molecule has 5 nitrogen and oxygen atoms in total. The highest BCUT2D eigenvalue weighted by molar-refractivity contribution is 6.03. The molecule has 0 bridgehead atoms. The maximum atomic E-state index is 14.4. The lowest BCUT2D eigenvalue weighted by Gasteiger charge is -2.60. The van der Waals surface area contributed by atoms with E-state index < -0.39 is 0 Å². The third kappa shape index (κ3) is 3.60. The number of carbonyl (C=O) groups excluding carboxylic acids is 3. The first kappa shape index (κ1) is 24.4. The van der Waals surface area contributed by atoms with Crippen LogP contribution in [-0.2, 0) is 14.4 Å². The van der Waals surface area contributed by atoms with Crippen molar-refractivity contribution in [2.45, 2.75) is 64.8 Å². The Morgan fingerprint density at radius 3 is 2.11 bits per heavy atom. The van der Waals surface area contributed by atoms with Gasteiger partial charge in [-0.05, 0) is 79.0 Å². The van der Waals surface area contributed by atoms with Gasteiger partial charge < -0.3 is 4.90 Å². The minimum atomic E-state index is -0.337. The summed E-state index contributed by atoms with van der Waals surface area (Å²) in [6.45, 7) is 4.49. The molecule has 2 amide bonds. The van der Waals surface area contributed by atoms with Gasteiger partial charge in [0.1, 0.15) is 5.78 Å². The van der Waals surface area contributed by atoms with Gasteiger partial charge in [0.05, 0.1) is 0 Å². The Kier molecular flexibility index (Phi) is 5.81. The second-order valence-corrected chi connectivity index (χ2v) is 12.5. The van der Waals surface area contributed by atoms with Gasteiger partial charge in [-0.1, -0.05) is 50.2 Å². The molecule has 194 valence electrons. The average molecular weight is 499 g/mol. The molecule has 2 aromatic rings. The van der Waals surface area contributed by atoms with Crippen LogP contribution in [0.25, 0.3) is 0 Å². The standard InChI is InChI=1S/C32H38N2O3/c1-31-19-18-28(36)33(3)27(31)17-14-23-24-15-16-25(32(24,2)20-26(35)29(23)31)30(37)34(21-10-6-4-7-11-21)22-12-8-5-9-13-22/h4-13,23-25,27,29H,14-20H2,1-3H3/t23?,24?,25-,27-,29?,31+,32+/m1/s1. The Morgan fingerprint density at radius 2 is 1.49 bits per heavy atom. The molecular formula is C32H38N2O3. The number of likely N-dealkylation sites (tertiary alicyclic amines) is 1.